The number of hydrogen-bond acceptors (Lipinski definition) is 2. The molecule has 0 aliphatic carbocycles. The third kappa shape index (κ3) is 5.23. The van der Waals surface area contributed by atoms with Gasteiger partial charge >= 0.3 is 6.03 Å². The van der Waals surface area contributed by atoms with Gasteiger partial charge in [-0.1, -0.05) is 53.7 Å². The fourth-order valence-corrected chi connectivity index (χ4v) is 3.05. The molecule has 0 unspecified atom stereocenters. The summed E-state index contributed by atoms with van der Waals surface area (Å²) in [4.78, 5) is 28.7. The van der Waals surface area contributed by atoms with Gasteiger partial charge in [-0.25, -0.2) is 4.79 Å². The van der Waals surface area contributed by atoms with E-state index >= 15 is 0 Å². The average molecular weight is 360 g/mol. The van der Waals surface area contributed by atoms with Crippen LogP contribution in [0.2, 0.25) is 0 Å². The van der Waals surface area contributed by atoms with Crippen LogP contribution in [0.3, 0.4) is 0 Å². The first-order chi connectivity index (χ1) is 12.0. The van der Waals surface area contributed by atoms with Gasteiger partial charge in [0.1, 0.15) is 0 Å². The van der Waals surface area contributed by atoms with Gasteiger partial charge in [0.2, 0.25) is 5.91 Å². The minimum absolute atomic E-state index is 0.0936. The number of nitrogens with one attached hydrogen (secondary N) is 1. The molecule has 26 heavy (non-hydrogen) atoms. The molecule has 1 saturated heterocycles. The minimum atomic E-state index is -0.383. The average Bonchev–Trinajstić information content (AvgIpc) is 2.79. The highest BCUT2D eigenvalue weighted by Gasteiger charge is 2.29. The molecule has 1 aliphatic rings. The number of carbonyl (C=O) groups excluding carboxylic acids is 2. The number of anilines is 1. The molecule has 3 amide bonds. The van der Waals surface area contributed by atoms with E-state index in [0.29, 0.717) is 26.2 Å². The second-order valence-electron chi connectivity index (χ2n) is 9.14. The molecule has 1 N–H and O–H groups in total. The smallest absolute Gasteiger partial charge is 0.321 e. The maximum absolute atomic E-state index is 12.6. The highest BCUT2D eigenvalue weighted by Crippen LogP contribution is 2.24. The molecule has 144 valence electrons. The molecule has 0 bridgehead atoms. The summed E-state index contributed by atoms with van der Waals surface area (Å²) in [6, 6.07) is 7.92. The Hall–Kier alpha value is -2.04. The summed E-state index contributed by atoms with van der Waals surface area (Å²) in [5.74, 6) is 0.150. The van der Waals surface area contributed by atoms with Crippen molar-refractivity contribution in [2.75, 3.05) is 31.5 Å². The molecular weight excluding hydrogens is 326 g/mol. The van der Waals surface area contributed by atoms with Crippen LogP contribution in [0.25, 0.3) is 0 Å². The van der Waals surface area contributed by atoms with E-state index in [2.05, 4.69) is 38.2 Å². The molecule has 1 aromatic rings. The number of amides is 3. The van der Waals surface area contributed by atoms with Crippen LogP contribution in [0.1, 0.15) is 53.5 Å². The first-order valence-electron chi connectivity index (χ1n) is 9.44. The Kier molecular flexibility index (Phi) is 5.99. The lowest BCUT2D eigenvalue weighted by atomic mass is 9.87. The maximum Gasteiger partial charge on any atom is 0.321 e. The number of urea groups is 1. The van der Waals surface area contributed by atoms with Gasteiger partial charge < -0.3 is 15.1 Å². The van der Waals surface area contributed by atoms with E-state index in [1.54, 1.807) is 4.90 Å². The van der Waals surface area contributed by atoms with Crippen molar-refractivity contribution >= 4 is 17.6 Å². The molecule has 2 rings (SSSR count). The monoisotopic (exact) mass is 359 g/mol. The normalized spacial score (nSPS) is 16.2. The Bertz CT molecular complexity index is 639. The highest BCUT2D eigenvalue weighted by atomic mass is 16.2. The van der Waals surface area contributed by atoms with Crippen LogP contribution in [0.4, 0.5) is 10.5 Å². The lowest BCUT2D eigenvalue weighted by molar-refractivity contribution is -0.139. The maximum atomic E-state index is 12.6. The predicted molar refractivity (Wildman–Crippen MR) is 106 cm³/mol. The van der Waals surface area contributed by atoms with Gasteiger partial charge in [-0.05, 0) is 29.5 Å². The third-order valence-electron chi connectivity index (χ3n) is 4.71. The van der Waals surface area contributed by atoms with Crippen molar-refractivity contribution in [3.63, 3.8) is 0 Å². The molecule has 1 fully saturated rings. The SMILES string of the molecule is CC(C)(C)C(=O)N1CCCN(C(=O)Nc2ccc(C(C)(C)C)cc2)CC1. The summed E-state index contributed by atoms with van der Waals surface area (Å²) < 4.78 is 0. The van der Waals surface area contributed by atoms with Gasteiger partial charge in [-0.2, -0.15) is 0 Å². The van der Waals surface area contributed by atoms with Crippen molar-refractivity contribution in [2.45, 2.75) is 53.4 Å². The van der Waals surface area contributed by atoms with Crippen LogP contribution in [-0.2, 0) is 10.2 Å². The molecule has 0 atom stereocenters. The molecule has 0 spiro atoms. The fraction of sp³-hybridized carbons (Fsp3) is 0.619. The van der Waals surface area contributed by atoms with Crippen molar-refractivity contribution in [2.24, 2.45) is 5.41 Å². The van der Waals surface area contributed by atoms with Gasteiger partial charge in [-0.3, -0.25) is 4.79 Å². The van der Waals surface area contributed by atoms with E-state index in [-0.39, 0.29) is 22.8 Å². The number of carbonyl (C=O) groups is 2. The molecule has 5 nitrogen and oxygen atoms in total. The van der Waals surface area contributed by atoms with Gasteiger partial charge in [0, 0.05) is 37.3 Å². The molecule has 0 radical (unpaired) electrons. The molecular formula is C21H33N3O2. The van der Waals surface area contributed by atoms with Crippen LogP contribution in [-0.4, -0.2) is 47.9 Å². The second kappa shape index (κ2) is 7.68. The Morgan fingerprint density at radius 3 is 1.92 bits per heavy atom. The summed E-state index contributed by atoms with van der Waals surface area (Å²) in [5, 5.41) is 2.98. The second-order valence-corrected chi connectivity index (χ2v) is 9.14. The summed E-state index contributed by atoms with van der Waals surface area (Å²) in [6.45, 7) is 14.8. The number of benzene rings is 1. The number of nitrogens with zero attached hydrogens (tertiary/aromatic N) is 2. The van der Waals surface area contributed by atoms with Crippen molar-refractivity contribution in [3.05, 3.63) is 29.8 Å². The molecule has 0 aromatic heterocycles. The van der Waals surface area contributed by atoms with Crippen LogP contribution in [0, 0.1) is 5.41 Å². The first kappa shape index (κ1) is 20.3. The van der Waals surface area contributed by atoms with E-state index < -0.39 is 0 Å². The van der Waals surface area contributed by atoms with E-state index in [4.69, 9.17) is 0 Å². The number of rotatable bonds is 1. The quantitative estimate of drug-likeness (QED) is 0.821. The van der Waals surface area contributed by atoms with Gasteiger partial charge in [0.25, 0.3) is 0 Å². The standard InChI is InChI=1S/C21H33N3O2/c1-20(2,3)16-8-10-17(11-9-16)22-19(26)24-13-7-12-23(14-15-24)18(25)21(4,5)6/h8-11H,7,12-15H2,1-6H3,(H,22,26). The molecule has 0 saturated carbocycles. The molecule has 1 heterocycles. The van der Waals surface area contributed by atoms with Gasteiger partial charge in [-0.15, -0.1) is 0 Å². The lowest BCUT2D eigenvalue weighted by Gasteiger charge is -2.28. The zero-order valence-corrected chi connectivity index (χ0v) is 17.1. The Morgan fingerprint density at radius 1 is 0.846 bits per heavy atom. The largest absolute Gasteiger partial charge is 0.340 e. The topological polar surface area (TPSA) is 52.7 Å². The zero-order chi connectivity index (χ0) is 19.5. The lowest BCUT2D eigenvalue weighted by Crippen LogP contribution is -2.42. The van der Waals surface area contributed by atoms with Crippen molar-refractivity contribution < 1.29 is 9.59 Å². The van der Waals surface area contributed by atoms with Gasteiger partial charge in [0.05, 0.1) is 0 Å². The minimum Gasteiger partial charge on any atom is -0.340 e. The molecule has 5 heteroatoms. The fourth-order valence-electron chi connectivity index (χ4n) is 3.05. The summed E-state index contributed by atoms with van der Waals surface area (Å²) in [5.41, 5.74) is 1.75. The van der Waals surface area contributed by atoms with E-state index in [1.807, 2.05) is 37.8 Å². The Morgan fingerprint density at radius 2 is 1.38 bits per heavy atom. The molecule has 1 aromatic carbocycles. The van der Waals surface area contributed by atoms with Crippen LogP contribution in [0.5, 0.6) is 0 Å². The first-order valence-corrected chi connectivity index (χ1v) is 9.44. The van der Waals surface area contributed by atoms with E-state index in [9.17, 15) is 9.59 Å². The van der Waals surface area contributed by atoms with E-state index in [1.165, 1.54) is 5.56 Å². The summed E-state index contributed by atoms with van der Waals surface area (Å²) in [6.07, 6.45) is 0.804. The molecule has 1 aliphatic heterocycles. The zero-order valence-electron chi connectivity index (χ0n) is 17.1. The predicted octanol–water partition coefficient (Wildman–Crippen LogP) is 4.10. The highest BCUT2D eigenvalue weighted by molar-refractivity contribution is 5.89. The number of hydrogen-bond donors (Lipinski definition) is 1. The van der Waals surface area contributed by atoms with Crippen LogP contribution in [0.15, 0.2) is 24.3 Å². The van der Waals surface area contributed by atoms with E-state index in [0.717, 1.165) is 12.1 Å². The Balaban J connectivity index is 1.95. The van der Waals surface area contributed by atoms with Crippen molar-refractivity contribution in [3.8, 4) is 0 Å². The summed E-state index contributed by atoms with van der Waals surface area (Å²) in [7, 11) is 0. The van der Waals surface area contributed by atoms with Crippen LogP contribution < -0.4 is 5.32 Å². The summed E-state index contributed by atoms with van der Waals surface area (Å²) >= 11 is 0. The Labute approximate surface area is 157 Å². The third-order valence-corrected chi connectivity index (χ3v) is 4.71. The van der Waals surface area contributed by atoms with Crippen LogP contribution >= 0.6 is 0 Å². The van der Waals surface area contributed by atoms with Crippen molar-refractivity contribution in [1.29, 1.82) is 0 Å². The van der Waals surface area contributed by atoms with Crippen molar-refractivity contribution in [1.82, 2.24) is 9.80 Å². The van der Waals surface area contributed by atoms with Gasteiger partial charge in [0.15, 0.2) is 0 Å².